The number of carbonyl (C=O) groups excluding carboxylic acids is 1. The lowest BCUT2D eigenvalue weighted by atomic mass is 10.1. The van der Waals surface area contributed by atoms with E-state index >= 15 is 0 Å². The molecule has 4 rings (SSSR count). The Bertz CT molecular complexity index is 1550. The van der Waals surface area contributed by atoms with E-state index in [9.17, 15) is 30.8 Å². The van der Waals surface area contributed by atoms with Gasteiger partial charge >= 0.3 is 6.18 Å². The summed E-state index contributed by atoms with van der Waals surface area (Å²) in [7, 11) is -3.69. The lowest BCUT2D eigenvalue weighted by molar-refractivity contribution is -0.141. The third kappa shape index (κ3) is 6.00. The summed E-state index contributed by atoms with van der Waals surface area (Å²) in [4.78, 5) is 14.8. The summed E-state index contributed by atoms with van der Waals surface area (Å²) in [6.07, 6.45) is -2.12. The molecule has 198 valence electrons. The van der Waals surface area contributed by atoms with E-state index in [4.69, 9.17) is 5.26 Å². The summed E-state index contributed by atoms with van der Waals surface area (Å²) >= 11 is 0. The molecule has 1 aliphatic heterocycles. The third-order valence-electron chi connectivity index (χ3n) is 5.61. The molecular weight excluding hydrogens is 528 g/mol. The second-order valence-corrected chi connectivity index (χ2v) is 10.1. The molecule has 1 aliphatic rings. The van der Waals surface area contributed by atoms with Crippen LogP contribution in [0, 0.1) is 17.1 Å². The van der Waals surface area contributed by atoms with E-state index in [0.717, 1.165) is 37.3 Å². The zero-order valence-corrected chi connectivity index (χ0v) is 20.6. The molecule has 0 spiro atoms. The van der Waals surface area contributed by atoms with Gasteiger partial charge < -0.3 is 10.2 Å². The van der Waals surface area contributed by atoms with Gasteiger partial charge in [0, 0.05) is 30.4 Å². The molecule has 0 aliphatic carbocycles. The van der Waals surface area contributed by atoms with Crippen LogP contribution >= 0.6 is 0 Å². The zero-order chi connectivity index (χ0) is 27.7. The number of amidine groups is 1. The predicted octanol–water partition coefficient (Wildman–Crippen LogP) is 3.96. The monoisotopic (exact) mass is 548 g/mol. The number of nitrogens with one attached hydrogen (secondary N) is 1. The first-order valence-corrected chi connectivity index (χ1v) is 13.0. The maximum atomic E-state index is 13.7. The quantitative estimate of drug-likeness (QED) is 0.293. The number of hydrogen-bond donors (Lipinski definition) is 1. The summed E-state index contributed by atoms with van der Waals surface area (Å²) in [5.41, 5.74) is -1.72. The van der Waals surface area contributed by atoms with Crippen molar-refractivity contribution in [3.63, 3.8) is 0 Å². The van der Waals surface area contributed by atoms with Crippen LogP contribution in [0.25, 0.3) is 5.69 Å². The van der Waals surface area contributed by atoms with Crippen LogP contribution in [0.2, 0.25) is 0 Å². The number of nitrogens with zero attached hydrogens (tertiary/aromatic N) is 5. The van der Waals surface area contributed by atoms with Gasteiger partial charge in [-0.25, -0.2) is 17.5 Å². The van der Waals surface area contributed by atoms with E-state index in [-0.39, 0.29) is 17.2 Å². The minimum absolute atomic E-state index is 0.119. The van der Waals surface area contributed by atoms with Crippen molar-refractivity contribution in [2.75, 3.05) is 24.7 Å². The van der Waals surface area contributed by atoms with Gasteiger partial charge in [0.1, 0.15) is 23.4 Å². The Hall–Kier alpha value is -4.25. The molecule has 9 nitrogen and oxygen atoms in total. The van der Waals surface area contributed by atoms with E-state index in [1.54, 1.807) is 6.07 Å². The van der Waals surface area contributed by atoms with Crippen LogP contribution in [0.4, 0.5) is 23.2 Å². The Morgan fingerprint density at radius 2 is 1.76 bits per heavy atom. The minimum atomic E-state index is -4.87. The van der Waals surface area contributed by atoms with Gasteiger partial charge in [0.25, 0.3) is 15.9 Å². The molecule has 0 unspecified atom stereocenters. The Labute approximate surface area is 215 Å². The first-order valence-electron chi connectivity index (χ1n) is 11.2. The molecule has 0 bridgehead atoms. The van der Waals surface area contributed by atoms with Crippen molar-refractivity contribution >= 4 is 27.5 Å². The number of amides is 1. The second kappa shape index (κ2) is 10.3. The van der Waals surface area contributed by atoms with Gasteiger partial charge in [0.05, 0.1) is 17.5 Å². The van der Waals surface area contributed by atoms with Crippen LogP contribution in [0.5, 0.6) is 0 Å². The van der Waals surface area contributed by atoms with E-state index in [2.05, 4.69) is 14.8 Å². The van der Waals surface area contributed by atoms with Gasteiger partial charge in [-0.1, -0.05) is 0 Å². The SMILES string of the molecule is CS(=O)(=O)N=C(c1ccc(NC(=O)c2cc(C(F)(F)F)nn2-c2ccc(F)c(C#N)c2)cc1)N1CCCC1. The predicted molar refractivity (Wildman–Crippen MR) is 130 cm³/mol. The van der Waals surface area contributed by atoms with Gasteiger partial charge in [-0.2, -0.15) is 23.5 Å². The lowest BCUT2D eigenvalue weighted by Gasteiger charge is -2.20. The molecule has 1 saturated heterocycles. The molecule has 14 heteroatoms. The summed E-state index contributed by atoms with van der Waals surface area (Å²) in [6.45, 7) is 1.27. The van der Waals surface area contributed by atoms with Crippen molar-refractivity contribution in [2.45, 2.75) is 19.0 Å². The van der Waals surface area contributed by atoms with E-state index in [1.807, 2.05) is 4.90 Å². The number of sulfonamides is 1. The first kappa shape index (κ1) is 26.8. The second-order valence-electron chi connectivity index (χ2n) is 8.47. The average molecular weight is 549 g/mol. The minimum Gasteiger partial charge on any atom is -0.355 e. The Morgan fingerprint density at radius 3 is 2.34 bits per heavy atom. The number of hydrogen-bond acceptors (Lipinski definition) is 5. The molecule has 0 radical (unpaired) electrons. The van der Waals surface area contributed by atoms with Gasteiger partial charge in [-0.05, 0) is 55.3 Å². The number of carbonyl (C=O) groups is 1. The third-order valence-corrected chi connectivity index (χ3v) is 6.11. The number of aromatic nitrogens is 2. The fraction of sp³-hybridized carbons (Fsp3) is 0.250. The Balaban J connectivity index is 1.65. The van der Waals surface area contributed by atoms with Crippen LogP contribution in [0.1, 0.15) is 40.2 Å². The number of rotatable bonds is 5. The molecule has 38 heavy (non-hydrogen) atoms. The first-order chi connectivity index (χ1) is 17.9. The van der Waals surface area contributed by atoms with Gasteiger partial charge in [0.2, 0.25) is 0 Å². The highest BCUT2D eigenvalue weighted by molar-refractivity contribution is 7.89. The Morgan fingerprint density at radius 1 is 1.11 bits per heavy atom. The summed E-state index contributed by atoms with van der Waals surface area (Å²) in [5.74, 6) is -1.56. The van der Waals surface area contributed by atoms with E-state index in [1.165, 1.54) is 24.3 Å². The molecular formula is C24H20F4N6O3S. The number of anilines is 1. The molecule has 2 aromatic carbocycles. The van der Waals surface area contributed by atoms with E-state index < -0.39 is 44.9 Å². The fourth-order valence-corrected chi connectivity index (χ4v) is 4.42. The summed E-state index contributed by atoms with van der Waals surface area (Å²) < 4.78 is 82.1. The molecule has 3 aromatic rings. The molecule has 2 heterocycles. The van der Waals surface area contributed by atoms with Crippen LogP contribution in [-0.4, -0.2) is 54.2 Å². The molecule has 0 atom stereocenters. The standard InChI is InChI=1S/C24H20F4N6O3S/c1-38(36,37)32-22(33-10-2-3-11-33)15-4-6-17(7-5-15)30-23(35)20-13-21(24(26,27)28)31-34(20)18-8-9-19(25)16(12-18)14-29/h4-9,12-13H,2-3,10-11H2,1H3,(H,30,35). The van der Waals surface area contributed by atoms with E-state index in [0.29, 0.717) is 29.4 Å². The maximum Gasteiger partial charge on any atom is 0.435 e. The highest BCUT2D eigenvalue weighted by atomic mass is 32.2. The number of likely N-dealkylation sites (tertiary alicyclic amines) is 1. The van der Waals surface area contributed by atoms with Crippen molar-refractivity contribution in [1.82, 2.24) is 14.7 Å². The summed E-state index contributed by atoms with van der Waals surface area (Å²) in [6, 6.07) is 11.1. The van der Waals surface area contributed by atoms with Gasteiger partial charge in [-0.3, -0.25) is 4.79 Å². The van der Waals surface area contributed by atoms with Crippen molar-refractivity contribution < 1.29 is 30.8 Å². The fourth-order valence-electron chi connectivity index (χ4n) is 3.89. The van der Waals surface area contributed by atoms with Crippen LogP contribution in [0.3, 0.4) is 0 Å². The van der Waals surface area contributed by atoms with Crippen molar-refractivity contribution in [3.05, 3.63) is 76.9 Å². The molecule has 1 aromatic heterocycles. The van der Waals surface area contributed by atoms with Gasteiger partial charge in [-0.15, -0.1) is 4.40 Å². The number of benzene rings is 2. The summed E-state index contributed by atoms with van der Waals surface area (Å²) in [5, 5.41) is 15.0. The molecule has 1 fully saturated rings. The smallest absolute Gasteiger partial charge is 0.355 e. The van der Waals surface area contributed by atoms with Crippen molar-refractivity contribution in [3.8, 4) is 11.8 Å². The van der Waals surface area contributed by atoms with Crippen LogP contribution in [0.15, 0.2) is 52.9 Å². The van der Waals surface area contributed by atoms with Crippen LogP contribution < -0.4 is 5.32 Å². The lowest BCUT2D eigenvalue weighted by Crippen LogP contribution is -2.29. The molecule has 1 amide bonds. The maximum absolute atomic E-state index is 13.7. The highest BCUT2D eigenvalue weighted by Gasteiger charge is 2.36. The number of alkyl halides is 3. The zero-order valence-electron chi connectivity index (χ0n) is 19.8. The largest absolute Gasteiger partial charge is 0.435 e. The number of halogens is 4. The molecule has 0 saturated carbocycles. The van der Waals surface area contributed by atoms with Crippen molar-refractivity contribution in [2.24, 2.45) is 4.40 Å². The Kier molecular flexibility index (Phi) is 7.23. The average Bonchev–Trinajstić information content (AvgIpc) is 3.53. The van der Waals surface area contributed by atoms with Gasteiger partial charge in [0.15, 0.2) is 5.69 Å². The topological polar surface area (TPSA) is 120 Å². The molecule has 1 N–H and O–H groups in total. The normalized spacial score (nSPS) is 14.4. The van der Waals surface area contributed by atoms with Crippen molar-refractivity contribution in [1.29, 1.82) is 5.26 Å². The van der Waals surface area contributed by atoms with Crippen LogP contribution in [-0.2, 0) is 16.2 Å². The number of nitriles is 1. The highest BCUT2D eigenvalue weighted by Crippen LogP contribution is 2.30.